The van der Waals surface area contributed by atoms with Gasteiger partial charge in [0.1, 0.15) is 5.75 Å². The first kappa shape index (κ1) is 34.2. The molecule has 0 radical (unpaired) electrons. The molecule has 11 aromatic rings. The fourth-order valence-electron chi connectivity index (χ4n) is 10.6. The van der Waals surface area contributed by atoms with Crippen LogP contribution in [-0.4, -0.2) is 19.5 Å². The highest BCUT2D eigenvalue weighted by Gasteiger charge is 2.54. The van der Waals surface area contributed by atoms with Gasteiger partial charge < -0.3 is 18.9 Å². The molecule has 3 aliphatic rings. The van der Waals surface area contributed by atoms with E-state index in [-0.39, 0.29) is 0 Å². The van der Waals surface area contributed by atoms with E-state index in [1.165, 1.54) is 10.8 Å². The number of fused-ring (bicyclic) bond motifs is 16. The fourth-order valence-corrected chi connectivity index (χ4v) is 10.6. The van der Waals surface area contributed by atoms with Gasteiger partial charge in [-0.3, -0.25) is 9.97 Å². The maximum Gasteiger partial charge on any atom is 0.194 e. The van der Waals surface area contributed by atoms with Crippen molar-refractivity contribution in [2.45, 2.75) is 5.41 Å². The lowest BCUT2D eigenvalue weighted by atomic mass is 9.66. The lowest BCUT2D eigenvalue weighted by molar-refractivity contribution is 0.391. The summed E-state index contributed by atoms with van der Waals surface area (Å²) in [6.07, 6.45) is 3.70. The molecule has 1 aliphatic carbocycles. The second kappa shape index (κ2) is 12.7. The minimum Gasteiger partial charge on any atom is -0.453 e. The summed E-state index contributed by atoms with van der Waals surface area (Å²) in [5, 5.41) is 3.51. The number of hydrogen-bond acceptors (Lipinski definition) is 6. The Balaban J connectivity index is 0.994. The number of pyridine rings is 3. The van der Waals surface area contributed by atoms with Crippen molar-refractivity contribution in [3.05, 3.63) is 223 Å². The number of ether oxygens (including phenoxy) is 2. The van der Waals surface area contributed by atoms with Gasteiger partial charge in [-0.1, -0.05) is 115 Å². The van der Waals surface area contributed by atoms with E-state index in [1.807, 2.05) is 42.7 Å². The molecule has 294 valence electrons. The second-order valence-electron chi connectivity index (χ2n) is 16.3. The Labute approximate surface area is 361 Å². The molecule has 0 bridgehead atoms. The van der Waals surface area contributed by atoms with Gasteiger partial charge in [-0.15, -0.1) is 0 Å². The summed E-state index contributed by atoms with van der Waals surface area (Å²) in [4.78, 5) is 17.6. The molecule has 0 amide bonds. The van der Waals surface area contributed by atoms with Crippen LogP contribution in [-0.2, 0) is 5.41 Å². The summed E-state index contributed by atoms with van der Waals surface area (Å²) >= 11 is 0. The van der Waals surface area contributed by atoms with Crippen LogP contribution in [0.1, 0.15) is 22.3 Å². The lowest BCUT2D eigenvalue weighted by Gasteiger charge is -2.41. The van der Waals surface area contributed by atoms with E-state index in [0.717, 1.165) is 101 Å². The third kappa shape index (κ3) is 4.60. The number of nitrogens with zero attached hydrogens (tertiary/aromatic N) is 5. The molecule has 1 unspecified atom stereocenters. The summed E-state index contributed by atoms with van der Waals surface area (Å²) in [5.74, 6) is 2.80. The largest absolute Gasteiger partial charge is 0.453 e. The van der Waals surface area contributed by atoms with Crippen LogP contribution in [0.25, 0.3) is 61.0 Å². The van der Waals surface area contributed by atoms with Crippen LogP contribution in [0.15, 0.2) is 200 Å². The smallest absolute Gasteiger partial charge is 0.194 e. The third-order valence-corrected chi connectivity index (χ3v) is 13.1. The van der Waals surface area contributed by atoms with E-state index >= 15 is 0 Å². The Kier molecular flexibility index (Phi) is 6.91. The molecule has 4 aromatic heterocycles. The van der Waals surface area contributed by atoms with E-state index in [9.17, 15) is 0 Å². The fraction of sp³-hybridized carbons (Fsp3) is 0.0179. The van der Waals surface area contributed by atoms with Crippen molar-refractivity contribution in [2.24, 2.45) is 0 Å². The Hall–Kier alpha value is -8.55. The maximum absolute atomic E-state index is 7.11. The Bertz CT molecular complexity index is 3680. The second-order valence-corrected chi connectivity index (χ2v) is 16.3. The minimum atomic E-state index is -0.803. The summed E-state index contributed by atoms with van der Waals surface area (Å²) in [6, 6.07) is 65.9. The van der Waals surface area contributed by atoms with Crippen LogP contribution in [0.3, 0.4) is 0 Å². The first-order valence-corrected chi connectivity index (χ1v) is 21.2. The number of benzene rings is 7. The topological polar surface area (TPSA) is 65.3 Å². The van der Waals surface area contributed by atoms with E-state index in [4.69, 9.17) is 24.4 Å². The maximum atomic E-state index is 7.11. The lowest BCUT2D eigenvalue weighted by Crippen LogP contribution is -2.33. The Morgan fingerprint density at radius 1 is 0.444 bits per heavy atom. The molecule has 14 rings (SSSR count). The molecular formula is C56H33N5O2. The highest BCUT2D eigenvalue weighted by molar-refractivity contribution is 6.09. The van der Waals surface area contributed by atoms with Gasteiger partial charge in [0.05, 0.1) is 50.4 Å². The number of hydrogen-bond donors (Lipinski definition) is 0. The van der Waals surface area contributed by atoms with Gasteiger partial charge in [0.2, 0.25) is 0 Å². The van der Waals surface area contributed by atoms with Gasteiger partial charge in [-0.05, 0) is 83.9 Å². The number of para-hydroxylation sites is 6. The van der Waals surface area contributed by atoms with E-state index < -0.39 is 5.41 Å². The summed E-state index contributed by atoms with van der Waals surface area (Å²) in [6.45, 7) is 0. The van der Waals surface area contributed by atoms with Crippen molar-refractivity contribution >= 4 is 49.8 Å². The van der Waals surface area contributed by atoms with E-state index in [0.29, 0.717) is 11.5 Å². The van der Waals surface area contributed by atoms with Gasteiger partial charge in [0, 0.05) is 56.6 Å². The molecule has 0 N–H and O–H groups in total. The SMILES string of the molecule is c1cc(N2c3ccccc3Oc3c2ccc2c3Oc3ccccc3C23c2cccnc2-c2nc(-c4cccc5cccnc45)ccc23)cc(-n2c3ccccc3c3ccccc32)c1. The quantitative estimate of drug-likeness (QED) is 0.177. The third-order valence-electron chi connectivity index (χ3n) is 13.1. The summed E-state index contributed by atoms with van der Waals surface area (Å²) < 4.78 is 16.5. The number of anilines is 3. The van der Waals surface area contributed by atoms with Crippen molar-refractivity contribution in [2.75, 3.05) is 4.90 Å². The van der Waals surface area contributed by atoms with Crippen LogP contribution >= 0.6 is 0 Å². The molecule has 0 saturated carbocycles. The van der Waals surface area contributed by atoms with Crippen LogP contribution in [0.5, 0.6) is 23.0 Å². The zero-order chi connectivity index (χ0) is 41.2. The molecular weight excluding hydrogens is 775 g/mol. The van der Waals surface area contributed by atoms with E-state index in [2.05, 4.69) is 167 Å². The van der Waals surface area contributed by atoms with Gasteiger partial charge in [0.25, 0.3) is 0 Å². The van der Waals surface area contributed by atoms with Crippen LogP contribution in [0.2, 0.25) is 0 Å². The molecule has 2 aliphatic heterocycles. The first-order valence-electron chi connectivity index (χ1n) is 21.2. The van der Waals surface area contributed by atoms with Crippen molar-refractivity contribution in [3.8, 4) is 51.3 Å². The molecule has 0 fully saturated rings. The van der Waals surface area contributed by atoms with Gasteiger partial charge >= 0.3 is 0 Å². The van der Waals surface area contributed by atoms with Crippen molar-refractivity contribution in [1.82, 2.24) is 19.5 Å². The summed E-state index contributed by atoms with van der Waals surface area (Å²) in [5.41, 5.74) is 13.9. The van der Waals surface area contributed by atoms with Crippen molar-refractivity contribution in [1.29, 1.82) is 0 Å². The molecule has 7 nitrogen and oxygen atoms in total. The molecule has 0 saturated heterocycles. The predicted octanol–water partition coefficient (Wildman–Crippen LogP) is 13.8. The normalized spacial score (nSPS) is 15.3. The molecule has 7 aromatic carbocycles. The average Bonchev–Trinajstić information content (AvgIpc) is 3.84. The predicted molar refractivity (Wildman–Crippen MR) is 249 cm³/mol. The number of rotatable bonds is 3. The highest BCUT2D eigenvalue weighted by atomic mass is 16.5. The van der Waals surface area contributed by atoms with Crippen molar-refractivity contribution < 1.29 is 9.47 Å². The molecule has 1 atom stereocenters. The Morgan fingerprint density at radius 3 is 2.00 bits per heavy atom. The monoisotopic (exact) mass is 807 g/mol. The van der Waals surface area contributed by atoms with Gasteiger partial charge in [0.15, 0.2) is 17.2 Å². The highest BCUT2D eigenvalue weighted by Crippen LogP contribution is 2.66. The average molecular weight is 808 g/mol. The first-order chi connectivity index (χ1) is 31.3. The van der Waals surface area contributed by atoms with Crippen LogP contribution in [0, 0.1) is 0 Å². The van der Waals surface area contributed by atoms with Crippen LogP contribution < -0.4 is 14.4 Å². The number of aromatic nitrogens is 4. The Morgan fingerprint density at radius 2 is 1.11 bits per heavy atom. The van der Waals surface area contributed by atoms with Gasteiger partial charge in [-0.25, -0.2) is 4.98 Å². The zero-order valence-corrected chi connectivity index (χ0v) is 33.6. The minimum absolute atomic E-state index is 0.646. The standard InChI is InChI=1S/C56H33N5O2/c1-4-22-45-37(17-1)38-18-2-5-23-46(38)60(45)35-15-10-16-36(33-35)61-47-24-6-8-26-50(47)63-55-48(61)30-28-43-54(55)62-49-25-7-3-20-40(49)56(43)41-21-12-32-58-52(41)53-42(56)27-29-44(59-53)39-19-9-13-34-14-11-31-57-51(34)39/h1-33H. The van der Waals surface area contributed by atoms with E-state index in [1.54, 1.807) is 0 Å². The molecule has 1 spiro atoms. The van der Waals surface area contributed by atoms with Gasteiger partial charge in [-0.2, -0.15) is 0 Å². The zero-order valence-electron chi connectivity index (χ0n) is 33.6. The summed E-state index contributed by atoms with van der Waals surface area (Å²) in [7, 11) is 0. The van der Waals surface area contributed by atoms with Crippen molar-refractivity contribution in [3.63, 3.8) is 0 Å². The molecule has 7 heteroatoms. The molecule has 63 heavy (non-hydrogen) atoms. The van der Waals surface area contributed by atoms with Crippen LogP contribution in [0.4, 0.5) is 17.1 Å². The molecule has 6 heterocycles.